The Balaban J connectivity index is 1.81. The fourth-order valence-electron chi connectivity index (χ4n) is 2.54. The molecular formula is C13H17NO3. The summed E-state index contributed by atoms with van der Waals surface area (Å²) >= 11 is 0. The van der Waals surface area contributed by atoms with Crippen molar-refractivity contribution in [3.05, 3.63) is 29.8 Å². The van der Waals surface area contributed by atoms with Crippen molar-refractivity contribution in [2.24, 2.45) is 0 Å². The Labute approximate surface area is 101 Å². The standard InChI is InChI=1S/C13H17NO3/c15-13-10-3-1-2-4-12(10)17-9-11(13)14-5-7-16-8-6-14/h1-4,11,13,15H,5-9H2/t11-,13+/m1/s1. The van der Waals surface area contributed by atoms with Gasteiger partial charge in [0.2, 0.25) is 0 Å². The van der Waals surface area contributed by atoms with Crippen molar-refractivity contribution in [2.45, 2.75) is 12.1 Å². The maximum absolute atomic E-state index is 10.4. The molecule has 0 amide bonds. The van der Waals surface area contributed by atoms with E-state index in [1.165, 1.54) is 0 Å². The number of morpholine rings is 1. The molecule has 17 heavy (non-hydrogen) atoms. The largest absolute Gasteiger partial charge is 0.491 e. The van der Waals surface area contributed by atoms with Gasteiger partial charge in [0.1, 0.15) is 18.5 Å². The Hall–Kier alpha value is -1.10. The molecule has 2 heterocycles. The van der Waals surface area contributed by atoms with Crippen molar-refractivity contribution in [1.29, 1.82) is 0 Å². The third kappa shape index (κ3) is 2.04. The molecule has 0 unspecified atom stereocenters. The van der Waals surface area contributed by atoms with E-state index in [1.54, 1.807) is 0 Å². The summed E-state index contributed by atoms with van der Waals surface area (Å²) < 4.78 is 11.0. The van der Waals surface area contributed by atoms with Crippen LogP contribution in [-0.2, 0) is 4.74 Å². The van der Waals surface area contributed by atoms with Crippen molar-refractivity contribution in [3.8, 4) is 5.75 Å². The molecule has 0 spiro atoms. The van der Waals surface area contributed by atoms with Crippen LogP contribution in [0.15, 0.2) is 24.3 Å². The van der Waals surface area contributed by atoms with Gasteiger partial charge in [-0.05, 0) is 6.07 Å². The number of rotatable bonds is 1. The van der Waals surface area contributed by atoms with Crippen molar-refractivity contribution in [3.63, 3.8) is 0 Å². The summed E-state index contributed by atoms with van der Waals surface area (Å²) in [5.41, 5.74) is 0.898. The molecule has 0 bridgehead atoms. The molecule has 0 aromatic heterocycles. The number of benzene rings is 1. The van der Waals surface area contributed by atoms with Gasteiger partial charge in [-0.15, -0.1) is 0 Å². The van der Waals surface area contributed by atoms with E-state index >= 15 is 0 Å². The molecule has 1 fully saturated rings. The van der Waals surface area contributed by atoms with E-state index in [9.17, 15) is 5.11 Å². The molecule has 4 heteroatoms. The number of hydrogen-bond donors (Lipinski definition) is 1. The van der Waals surface area contributed by atoms with Crippen LogP contribution in [0.3, 0.4) is 0 Å². The van der Waals surface area contributed by atoms with Crippen molar-refractivity contribution < 1.29 is 14.6 Å². The van der Waals surface area contributed by atoms with E-state index in [2.05, 4.69) is 4.90 Å². The van der Waals surface area contributed by atoms with Crippen molar-refractivity contribution in [1.82, 2.24) is 4.90 Å². The summed E-state index contributed by atoms with van der Waals surface area (Å²) in [5.74, 6) is 0.810. The molecule has 4 nitrogen and oxygen atoms in total. The van der Waals surface area contributed by atoms with Crippen LogP contribution in [0.5, 0.6) is 5.75 Å². The van der Waals surface area contributed by atoms with Gasteiger partial charge in [-0.1, -0.05) is 18.2 Å². The monoisotopic (exact) mass is 235 g/mol. The molecule has 2 aliphatic rings. The van der Waals surface area contributed by atoms with Gasteiger partial charge in [-0.3, -0.25) is 4.90 Å². The maximum atomic E-state index is 10.4. The summed E-state index contributed by atoms with van der Waals surface area (Å²) in [5, 5.41) is 10.4. The molecule has 2 atom stereocenters. The summed E-state index contributed by atoms with van der Waals surface area (Å²) in [6, 6.07) is 7.77. The Morgan fingerprint density at radius 3 is 2.76 bits per heavy atom. The lowest BCUT2D eigenvalue weighted by molar-refractivity contribution is -0.0454. The highest BCUT2D eigenvalue weighted by molar-refractivity contribution is 5.37. The van der Waals surface area contributed by atoms with Crippen LogP contribution in [0.2, 0.25) is 0 Å². The highest BCUT2D eigenvalue weighted by atomic mass is 16.5. The van der Waals surface area contributed by atoms with Crippen molar-refractivity contribution in [2.75, 3.05) is 32.9 Å². The Bertz CT molecular complexity index is 390. The minimum atomic E-state index is -0.460. The number of aliphatic hydroxyl groups excluding tert-OH is 1. The van der Waals surface area contributed by atoms with Gasteiger partial charge in [-0.2, -0.15) is 0 Å². The Morgan fingerprint density at radius 2 is 1.94 bits per heavy atom. The van der Waals surface area contributed by atoms with Crippen LogP contribution in [0.25, 0.3) is 0 Å². The third-order valence-electron chi connectivity index (χ3n) is 3.53. The van der Waals surface area contributed by atoms with Crippen LogP contribution in [0.1, 0.15) is 11.7 Å². The van der Waals surface area contributed by atoms with Crippen LogP contribution < -0.4 is 4.74 Å². The predicted molar refractivity (Wildman–Crippen MR) is 63.1 cm³/mol. The molecule has 1 saturated heterocycles. The second kappa shape index (κ2) is 4.64. The normalized spacial score (nSPS) is 29.5. The van der Waals surface area contributed by atoms with Gasteiger partial charge < -0.3 is 14.6 Å². The zero-order valence-electron chi connectivity index (χ0n) is 9.71. The van der Waals surface area contributed by atoms with Gasteiger partial charge in [0.15, 0.2) is 0 Å². The molecule has 0 aliphatic carbocycles. The van der Waals surface area contributed by atoms with Crippen LogP contribution in [0.4, 0.5) is 0 Å². The molecular weight excluding hydrogens is 218 g/mol. The van der Waals surface area contributed by atoms with Gasteiger partial charge in [0.05, 0.1) is 19.3 Å². The third-order valence-corrected chi connectivity index (χ3v) is 3.53. The smallest absolute Gasteiger partial charge is 0.125 e. The number of aliphatic hydroxyl groups is 1. The molecule has 92 valence electrons. The fraction of sp³-hybridized carbons (Fsp3) is 0.538. The van der Waals surface area contributed by atoms with E-state index in [0.717, 1.165) is 37.6 Å². The topological polar surface area (TPSA) is 41.9 Å². The minimum absolute atomic E-state index is 0.0498. The van der Waals surface area contributed by atoms with Crippen molar-refractivity contribution >= 4 is 0 Å². The number of nitrogens with zero attached hydrogens (tertiary/aromatic N) is 1. The maximum Gasteiger partial charge on any atom is 0.125 e. The van der Waals surface area contributed by atoms with E-state index in [0.29, 0.717) is 6.61 Å². The first-order valence-corrected chi connectivity index (χ1v) is 6.08. The first-order chi connectivity index (χ1) is 8.36. The van der Waals surface area contributed by atoms with Crippen LogP contribution in [0, 0.1) is 0 Å². The quantitative estimate of drug-likeness (QED) is 0.782. The van der Waals surface area contributed by atoms with Crippen LogP contribution in [-0.4, -0.2) is 49.0 Å². The number of fused-ring (bicyclic) bond motifs is 1. The second-order valence-electron chi connectivity index (χ2n) is 4.51. The number of hydrogen-bond acceptors (Lipinski definition) is 4. The minimum Gasteiger partial charge on any atom is -0.491 e. The lowest BCUT2D eigenvalue weighted by Crippen LogP contribution is -2.50. The number of para-hydroxylation sites is 1. The van der Waals surface area contributed by atoms with E-state index < -0.39 is 6.10 Å². The van der Waals surface area contributed by atoms with E-state index in [-0.39, 0.29) is 6.04 Å². The lowest BCUT2D eigenvalue weighted by atomic mass is 9.98. The van der Waals surface area contributed by atoms with E-state index in [1.807, 2.05) is 24.3 Å². The van der Waals surface area contributed by atoms with Gasteiger partial charge >= 0.3 is 0 Å². The van der Waals surface area contributed by atoms with E-state index in [4.69, 9.17) is 9.47 Å². The summed E-state index contributed by atoms with van der Waals surface area (Å²) in [7, 11) is 0. The van der Waals surface area contributed by atoms with Gasteiger partial charge in [0.25, 0.3) is 0 Å². The summed E-state index contributed by atoms with van der Waals surface area (Å²) in [4.78, 5) is 2.25. The molecule has 3 rings (SSSR count). The first kappa shape index (κ1) is 11.0. The summed E-state index contributed by atoms with van der Waals surface area (Å²) in [6.07, 6.45) is -0.460. The van der Waals surface area contributed by atoms with Gasteiger partial charge in [0, 0.05) is 18.7 Å². The SMILES string of the molecule is O[C@H]1c2ccccc2OC[C@H]1N1CCOCC1. The molecule has 1 aromatic carbocycles. The lowest BCUT2D eigenvalue weighted by Gasteiger charge is -2.39. The summed E-state index contributed by atoms with van der Waals surface area (Å²) in [6.45, 7) is 3.77. The molecule has 0 radical (unpaired) electrons. The zero-order valence-corrected chi connectivity index (χ0v) is 9.71. The zero-order chi connectivity index (χ0) is 11.7. The predicted octanol–water partition coefficient (Wildman–Crippen LogP) is 0.813. The Kier molecular flexibility index (Phi) is 3.01. The Morgan fingerprint density at radius 1 is 1.18 bits per heavy atom. The molecule has 0 saturated carbocycles. The fourth-order valence-corrected chi connectivity index (χ4v) is 2.54. The molecule has 1 N–H and O–H groups in total. The molecule has 1 aromatic rings. The van der Waals surface area contributed by atoms with Gasteiger partial charge in [-0.25, -0.2) is 0 Å². The number of ether oxygens (including phenoxy) is 2. The van der Waals surface area contributed by atoms with Crippen LogP contribution >= 0.6 is 0 Å². The second-order valence-corrected chi connectivity index (χ2v) is 4.51. The highest BCUT2D eigenvalue weighted by Gasteiger charge is 2.34. The molecule has 2 aliphatic heterocycles. The average molecular weight is 235 g/mol. The highest BCUT2D eigenvalue weighted by Crippen LogP contribution is 2.34. The average Bonchev–Trinajstić information content (AvgIpc) is 2.40. The first-order valence-electron chi connectivity index (χ1n) is 6.08.